The van der Waals surface area contributed by atoms with Crippen molar-refractivity contribution in [2.24, 2.45) is 5.73 Å². The molecule has 1 aromatic rings. The van der Waals surface area contributed by atoms with Crippen molar-refractivity contribution in [2.45, 2.75) is 58.5 Å². The van der Waals surface area contributed by atoms with E-state index in [1.165, 1.54) is 16.9 Å². The number of rotatable bonds is 11. The van der Waals surface area contributed by atoms with E-state index in [0.717, 1.165) is 38.9 Å². The Hall–Kier alpha value is -0.420. The van der Waals surface area contributed by atoms with E-state index < -0.39 is 0 Å². The van der Waals surface area contributed by atoms with Crippen LogP contribution in [0, 0.1) is 0 Å². The smallest absolute Gasteiger partial charge is 0.00870 e. The van der Waals surface area contributed by atoms with E-state index in [0.29, 0.717) is 12.1 Å². The van der Waals surface area contributed by atoms with Crippen molar-refractivity contribution in [1.82, 2.24) is 10.6 Å². The second kappa shape index (κ2) is 10.3. The summed E-state index contributed by atoms with van der Waals surface area (Å²) in [5.74, 6) is 0. The predicted molar refractivity (Wildman–Crippen MR) is 90.6 cm³/mol. The number of hydrogen-bond acceptors (Lipinski definition) is 4. The molecule has 4 N–H and O–H groups in total. The fourth-order valence-corrected chi connectivity index (χ4v) is 3.22. The van der Waals surface area contributed by atoms with E-state index in [4.69, 9.17) is 5.73 Å². The first kappa shape index (κ1) is 17.6. The molecule has 0 saturated heterocycles. The van der Waals surface area contributed by atoms with Crippen LogP contribution in [-0.4, -0.2) is 31.7 Å². The lowest BCUT2D eigenvalue weighted by Crippen LogP contribution is -2.29. The van der Waals surface area contributed by atoms with Gasteiger partial charge in [0.2, 0.25) is 0 Å². The summed E-state index contributed by atoms with van der Waals surface area (Å²) < 4.78 is 0. The average Bonchev–Trinajstić information content (AvgIpc) is 2.82. The summed E-state index contributed by atoms with van der Waals surface area (Å²) in [6.07, 6.45) is 4.56. The van der Waals surface area contributed by atoms with Gasteiger partial charge in [0, 0.05) is 17.0 Å². The molecule has 0 fully saturated rings. The normalized spacial score (nSPS) is 13.1. The Labute approximate surface area is 128 Å². The third kappa shape index (κ3) is 8.00. The number of unbranched alkanes of at least 4 members (excludes halogenated alkanes) is 1. The Morgan fingerprint density at radius 2 is 1.95 bits per heavy atom. The maximum Gasteiger partial charge on any atom is 0.00870 e. The molecule has 1 aromatic heterocycles. The van der Waals surface area contributed by atoms with Gasteiger partial charge in [-0.25, -0.2) is 0 Å². The van der Waals surface area contributed by atoms with Gasteiger partial charge in [0.25, 0.3) is 0 Å². The van der Waals surface area contributed by atoms with Crippen LogP contribution in [-0.2, 0) is 12.8 Å². The van der Waals surface area contributed by atoms with Crippen LogP contribution in [0.4, 0.5) is 0 Å². The molecule has 0 spiro atoms. The van der Waals surface area contributed by atoms with Crippen molar-refractivity contribution in [1.29, 1.82) is 0 Å². The number of nitrogens with one attached hydrogen (secondary N) is 2. The molecule has 0 aliphatic rings. The van der Waals surface area contributed by atoms with Crippen LogP contribution < -0.4 is 16.4 Å². The SMILES string of the molecule is CC(C)NCCc1csc(CC(C)NCCCCN)c1. The maximum absolute atomic E-state index is 5.50. The van der Waals surface area contributed by atoms with E-state index in [1.807, 2.05) is 11.3 Å². The molecule has 3 nitrogen and oxygen atoms in total. The van der Waals surface area contributed by atoms with Gasteiger partial charge in [0.1, 0.15) is 0 Å². The zero-order valence-electron chi connectivity index (χ0n) is 13.2. The summed E-state index contributed by atoms with van der Waals surface area (Å²) in [7, 11) is 0. The van der Waals surface area contributed by atoms with Crippen LogP contribution in [0.1, 0.15) is 44.1 Å². The molecule has 1 atom stereocenters. The van der Waals surface area contributed by atoms with Crippen molar-refractivity contribution in [2.75, 3.05) is 19.6 Å². The molecule has 0 bridgehead atoms. The van der Waals surface area contributed by atoms with Crippen LogP contribution in [0.3, 0.4) is 0 Å². The van der Waals surface area contributed by atoms with Crippen molar-refractivity contribution in [3.8, 4) is 0 Å². The summed E-state index contributed by atoms with van der Waals surface area (Å²) in [6.45, 7) is 9.60. The predicted octanol–water partition coefficient (Wildman–Crippen LogP) is 2.55. The van der Waals surface area contributed by atoms with Crippen molar-refractivity contribution < 1.29 is 0 Å². The Bertz CT molecular complexity index is 349. The van der Waals surface area contributed by atoms with Crippen LogP contribution in [0.2, 0.25) is 0 Å². The third-order valence-corrected chi connectivity index (χ3v) is 4.31. The molecule has 0 aromatic carbocycles. The number of nitrogens with two attached hydrogens (primary N) is 1. The molecular weight excluding hydrogens is 266 g/mol. The highest BCUT2D eigenvalue weighted by molar-refractivity contribution is 7.10. The van der Waals surface area contributed by atoms with E-state index in [2.05, 4.69) is 42.9 Å². The first-order valence-corrected chi connectivity index (χ1v) is 8.73. The average molecular weight is 298 g/mol. The van der Waals surface area contributed by atoms with Crippen molar-refractivity contribution in [3.63, 3.8) is 0 Å². The van der Waals surface area contributed by atoms with Gasteiger partial charge in [-0.15, -0.1) is 11.3 Å². The Morgan fingerprint density at radius 1 is 1.15 bits per heavy atom. The minimum Gasteiger partial charge on any atom is -0.330 e. The summed E-state index contributed by atoms with van der Waals surface area (Å²) >= 11 is 1.89. The van der Waals surface area contributed by atoms with Crippen LogP contribution in [0.15, 0.2) is 11.4 Å². The Balaban J connectivity index is 2.21. The van der Waals surface area contributed by atoms with Gasteiger partial charge in [-0.2, -0.15) is 0 Å². The van der Waals surface area contributed by atoms with Gasteiger partial charge in [-0.3, -0.25) is 0 Å². The zero-order valence-corrected chi connectivity index (χ0v) is 14.1. The van der Waals surface area contributed by atoms with E-state index in [9.17, 15) is 0 Å². The van der Waals surface area contributed by atoms with Crippen LogP contribution in [0.25, 0.3) is 0 Å². The fraction of sp³-hybridized carbons (Fsp3) is 0.750. The van der Waals surface area contributed by atoms with Crippen molar-refractivity contribution in [3.05, 3.63) is 21.9 Å². The number of hydrogen-bond donors (Lipinski definition) is 3. The van der Waals surface area contributed by atoms with Crippen LogP contribution in [0.5, 0.6) is 0 Å². The molecule has 0 aliphatic heterocycles. The summed E-state index contributed by atoms with van der Waals surface area (Å²) in [5.41, 5.74) is 6.97. The molecule has 1 heterocycles. The highest BCUT2D eigenvalue weighted by Crippen LogP contribution is 2.17. The standard InChI is InChI=1S/C16H31N3S/c1-13(2)18-9-6-15-11-16(20-12-15)10-14(3)19-8-5-4-7-17/h11-14,18-19H,4-10,17H2,1-3H3. The second-order valence-electron chi connectivity index (χ2n) is 5.84. The van der Waals surface area contributed by atoms with E-state index >= 15 is 0 Å². The van der Waals surface area contributed by atoms with E-state index in [1.54, 1.807) is 0 Å². The third-order valence-electron chi connectivity index (χ3n) is 3.31. The summed E-state index contributed by atoms with van der Waals surface area (Å²) in [5, 5.41) is 9.34. The Morgan fingerprint density at radius 3 is 2.65 bits per heavy atom. The van der Waals surface area contributed by atoms with Gasteiger partial charge in [-0.05, 0) is 69.3 Å². The molecule has 0 radical (unpaired) electrons. The summed E-state index contributed by atoms with van der Waals surface area (Å²) in [4.78, 5) is 1.49. The zero-order chi connectivity index (χ0) is 14.8. The highest BCUT2D eigenvalue weighted by Gasteiger charge is 2.06. The molecule has 116 valence electrons. The topological polar surface area (TPSA) is 50.1 Å². The van der Waals surface area contributed by atoms with Gasteiger partial charge in [0.15, 0.2) is 0 Å². The highest BCUT2D eigenvalue weighted by atomic mass is 32.1. The minimum atomic E-state index is 0.549. The number of thiophene rings is 1. The van der Waals surface area contributed by atoms with Gasteiger partial charge in [-0.1, -0.05) is 13.8 Å². The van der Waals surface area contributed by atoms with Crippen molar-refractivity contribution >= 4 is 11.3 Å². The lowest BCUT2D eigenvalue weighted by molar-refractivity contribution is 0.529. The van der Waals surface area contributed by atoms with E-state index in [-0.39, 0.29) is 0 Å². The maximum atomic E-state index is 5.50. The fourth-order valence-electron chi connectivity index (χ4n) is 2.16. The molecule has 0 amide bonds. The molecular formula is C16H31N3S. The second-order valence-corrected chi connectivity index (χ2v) is 6.83. The minimum absolute atomic E-state index is 0.549. The van der Waals surface area contributed by atoms with Gasteiger partial charge < -0.3 is 16.4 Å². The largest absolute Gasteiger partial charge is 0.330 e. The molecule has 0 aliphatic carbocycles. The summed E-state index contributed by atoms with van der Waals surface area (Å²) in [6, 6.07) is 3.49. The van der Waals surface area contributed by atoms with Gasteiger partial charge >= 0.3 is 0 Å². The molecule has 0 saturated carbocycles. The first-order chi connectivity index (χ1) is 9.61. The molecule has 4 heteroatoms. The molecule has 20 heavy (non-hydrogen) atoms. The molecule has 1 unspecified atom stereocenters. The first-order valence-electron chi connectivity index (χ1n) is 7.85. The lowest BCUT2D eigenvalue weighted by atomic mass is 10.1. The quantitative estimate of drug-likeness (QED) is 0.550. The van der Waals surface area contributed by atoms with Gasteiger partial charge in [0.05, 0.1) is 0 Å². The monoisotopic (exact) mass is 297 g/mol. The molecule has 1 rings (SSSR count). The Kier molecular flexibility index (Phi) is 9.10. The van der Waals surface area contributed by atoms with Crippen LogP contribution >= 0.6 is 11.3 Å². The lowest BCUT2D eigenvalue weighted by Gasteiger charge is -2.12.